The molecule has 3 aromatic rings. The maximum absolute atomic E-state index is 13.7. The molecule has 0 unspecified atom stereocenters. The number of aromatic amines is 1. The van der Waals surface area contributed by atoms with Gasteiger partial charge in [-0.05, 0) is 31.0 Å². The van der Waals surface area contributed by atoms with Gasteiger partial charge in [-0.2, -0.15) is 0 Å². The molecule has 1 N–H and O–H groups in total. The van der Waals surface area contributed by atoms with Crippen molar-refractivity contribution in [2.24, 2.45) is 0 Å². The lowest BCUT2D eigenvalue weighted by Gasteiger charge is -2.28. The Morgan fingerprint density at radius 1 is 1.35 bits per heavy atom. The third-order valence-electron chi connectivity index (χ3n) is 4.94. The van der Waals surface area contributed by atoms with Gasteiger partial charge in [0, 0.05) is 47.9 Å². The highest BCUT2D eigenvalue weighted by Crippen LogP contribution is 2.29. The Morgan fingerprint density at radius 2 is 2.15 bits per heavy atom. The zero-order chi connectivity index (χ0) is 18.4. The van der Waals surface area contributed by atoms with Gasteiger partial charge in [0.25, 0.3) is 5.91 Å². The molecule has 0 saturated carbocycles. The monoisotopic (exact) mass is 352 g/mol. The number of benzene rings is 1. The number of nitrogens with zero attached hydrogens (tertiary/aromatic N) is 3. The molecule has 5 nitrogen and oxygen atoms in total. The lowest BCUT2D eigenvalue weighted by atomic mass is 10.0. The molecule has 0 radical (unpaired) electrons. The second kappa shape index (κ2) is 6.20. The number of halogens is 1. The quantitative estimate of drug-likeness (QED) is 0.764. The molecule has 26 heavy (non-hydrogen) atoms. The number of carbonyl (C=O) groups is 1. The molecule has 0 fully saturated rings. The van der Waals surface area contributed by atoms with Crippen molar-refractivity contribution in [2.75, 3.05) is 6.54 Å². The topological polar surface area (TPSA) is 61.9 Å². The average Bonchev–Trinajstić information content (AvgIpc) is 2.98. The second-order valence-electron chi connectivity index (χ2n) is 7.12. The van der Waals surface area contributed by atoms with Crippen LogP contribution in [0.3, 0.4) is 0 Å². The number of H-pyrrole nitrogens is 1. The number of nitrogens with one attached hydrogen (secondary N) is 1. The lowest BCUT2D eigenvalue weighted by Crippen LogP contribution is -2.36. The summed E-state index contributed by atoms with van der Waals surface area (Å²) in [6, 6.07) is 4.73. The molecule has 1 amide bonds. The zero-order valence-corrected chi connectivity index (χ0v) is 15.1. The summed E-state index contributed by atoms with van der Waals surface area (Å²) in [5.74, 6) is 0.471. The van der Waals surface area contributed by atoms with Gasteiger partial charge in [0.15, 0.2) is 0 Å². The standard InChI is InChI=1S/C20H21FN4O/c1-11(2)19-15(9-22-12(3)23-19)20(26)25-7-6-18-16(10-25)14-8-13(21)4-5-17(14)24-18/h4-5,8-9,11,24H,6-7,10H2,1-3H3. The van der Waals surface area contributed by atoms with E-state index in [-0.39, 0.29) is 17.6 Å². The largest absolute Gasteiger partial charge is 0.358 e. The predicted molar refractivity (Wildman–Crippen MR) is 97.6 cm³/mol. The minimum absolute atomic E-state index is 0.0647. The van der Waals surface area contributed by atoms with Crippen LogP contribution in [-0.2, 0) is 13.0 Å². The molecule has 0 saturated heterocycles. The third-order valence-corrected chi connectivity index (χ3v) is 4.94. The number of rotatable bonds is 2. The van der Waals surface area contributed by atoms with Crippen molar-refractivity contribution < 1.29 is 9.18 Å². The SMILES string of the molecule is Cc1ncc(C(=O)N2CCc3[nH]c4ccc(F)cc4c3C2)c(C(C)C)n1. The first-order valence-electron chi connectivity index (χ1n) is 8.86. The maximum atomic E-state index is 13.7. The number of carbonyl (C=O) groups excluding carboxylic acids is 1. The molecule has 0 aliphatic carbocycles. The Bertz CT molecular complexity index is 1010. The van der Waals surface area contributed by atoms with Crippen LogP contribution in [0.5, 0.6) is 0 Å². The summed E-state index contributed by atoms with van der Waals surface area (Å²) < 4.78 is 13.7. The Balaban J connectivity index is 1.70. The van der Waals surface area contributed by atoms with Crippen LogP contribution in [0.4, 0.5) is 4.39 Å². The number of hydrogen-bond acceptors (Lipinski definition) is 3. The Kier molecular flexibility index (Phi) is 3.98. The predicted octanol–water partition coefficient (Wildman–Crippen LogP) is 3.73. The van der Waals surface area contributed by atoms with E-state index < -0.39 is 0 Å². The molecule has 3 heterocycles. The average molecular weight is 352 g/mol. The second-order valence-corrected chi connectivity index (χ2v) is 7.12. The molecular formula is C20H21FN4O. The first kappa shape index (κ1) is 16.7. The highest BCUT2D eigenvalue weighted by Gasteiger charge is 2.27. The normalized spacial score (nSPS) is 14.1. The number of hydrogen-bond donors (Lipinski definition) is 1. The van der Waals surface area contributed by atoms with Gasteiger partial charge in [0.2, 0.25) is 0 Å². The van der Waals surface area contributed by atoms with E-state index in [2.05, 4.69) is 15.0 Å². The van der Waals surface area contributed by atoms with Gasteiger partial charge in [-0.15, -0.1) is 0 Å². The molecule has 0 bridgehead atoms. The molecular weight excluding hydrogens is 331 g/mol. The zero-order valence-electron chi connectivity index (χ0n) is 15.1. The van der Waals surface area contributed by atoms with Gasteiger partial charge < -0.3 is 9.88 Å². The van der Waals surface area contributed by atoms with Crippen molar-refractivity contribution in [2.45, 2.75) is 39.7 Å². The van der Waals surface area contributed by atoms with Gasteiger partial charge in [0.1, 0.15) is 11.6 Å². The number of aryl methyl sites for hydroxylation is 1. The molecule has 1 aromatic carbocycles. The fraction of sp³-hybridized carbons (Fsp3) is 0.350. The van der Waals surface area contributed by atoms with E-state index in [1.165, 1.54) is 12.1 Å². The van der Waals surface area contributed by atoms with Crippen LogP contribution < -0.4 is 0 Å². The molecule has 4 rings (SSSR count). The maximum Gasteiger partial charge on any atom is 0.257 e. The summed E-state index contributed by atoms with van der Waals surface area (Å²) >= 11 is 0. The highest BCUT2D eigenvalue weighted by atomic mass is 19.1. The fourth-order valence-electron chi connectivity index (χ4n) is 3.62. The summed E-state index contributed by atoms with van der Waals surface area (Å²) in [6.45, 7) is 6.95. The number of fused-ring (bicyclic) bond motifs is 3. The van der Waals surface area contributed by atoms with Crippen LogP contribution in [0, 0.1) is 12.7 Å². The van der Waals surface area contributed by atoms with Gasteiger partial charge in [-0.1, -0.05) is 13.8 Å². The third kappa shape index (κ3) is 2.75. The van der Waals surface area contributed by atoms with Crippen molar-refractivity contribution in [3.63, 3.8) is 0 Å². The molecule has 1 aliphatic heterocycles. The first-order chi connectivity index (χ1) is 12.4. The highest BCUT2D eigenvalue weighted by molar-refractivity contribution is 5.96. The van der Waals surface area contributed by atoms with Crippen LogP contribution in [0.2, 0.25) is 0 Å². The van der Waals surface area contributed by atoms with Gasteiger partial charge in [0.05, 0.1) is 11.3 Å². The summed E-state index contributed by atoms with van der Waals surface area (Å²) in [4.78, 5) is 27.0. The van der Waals surface area contributed by atoms with Crippen molar-refractivity contribution in [3.8, 4) is 0 Å². The van der Waals surface area contributed by atoms with E-state index in [0.29, 0.717) is 24.5 Å². The minimum atomic E-state index is -0.267. The van der Waals surface area contributed by atoms with Crippen molar-refractivity contribution in [3.05, 3.63) is 58.6 Å². The summed E-state index contributed by atoms with van der Waals surface area (Å²) in [5.41, 5.74) is 4.32. The van der Waals surface area contributed by atoms with Crippen molar-refractivity contribution in [1.82, 2.24) is 19.9 Å². The van der Waals surface area contributed by atoms with E-state index in [1.54, 1.807) is 17.2 Å². The van der Waals surface area contributed by atoms with Gasteiger partial charge >= 0.3 is 0 Å². The van der Waals surface area contributed by atoms with E-state index >= 15 is 0 Å². The summed E-state index contributed by atoms with van der Waals surface area (Å²) in [5, 5.41) is 0.849. The lowest BCUT2D eigenvalue weighted by molar-refractivity contribution is 0.0732. The van der Waals surface area contributed by atoms with Crippen LogP contribution in [0.25, 0.3) is 10.9 Å². The summed E-state index contributed by atoms with van der Waals surface area (Å²) in [7, 11) is 0. The Hall–Kier alpha value is -2.76. The van der Waals surface area contributed by atoms with E-state index in [0.717, 1.165) is 34.3 Å². The van der Waals surface area contributed by atoms with Gasteiger partial charge in [-0.25, -0.2) is 14.4 Å². The van der Waals surface area contributed by atoms with Crippen LogP contribution in [0.15, 0.2) is 24.4 Å². The van der Waals surface area contributed by atoms with Crippen LogP contribution in [0.1, 0.15) is 52.9 Å². The molecule has 6 heteroatoms. The van der Waals surface area contributed by atoms with Gasteiger partial charge in [-0.3, -0.25) is 4.79 Å². The van der Waals surface area contributed by atoms with E-state index in [9.17, 15) is 9.18 Å². The Morgan fingerprint density at radius 3 is 2.92 bits per heavy atom. The van der Waals surface area contributed by atoms with E-state index in [1.807, 2.05) is 20.8 Å². The van der Waals surface area contributed by atoms with Crippen molar-refractivity contribution >= 4 is 16.8 Å². The molecule has 2 aromatic heterocycles. The van der Waals surface area contributed by atoms with Crippen LogP contribution >= 0.6 is 0 Å². The fourth-order valence-corrected chi connectivity index (χ4v) is 3.62. The summed E-state index contributed by atoms with van der Waals surface area (Å²) in [6.07, 6.45) is 2.35. The number of amides is 1. The smallest absolute Gasteiger partial charge is 0.257 e. The molecule has 0 atom stereocenters. The van der Waals surface area contributed by atoms with Crippen LogP contribution in [-0.4, -0.2) is 32.3 Å². The molecule has 1 aliphatic rings. The molecule has 0 spiro atoms. The minimum Gasteiger partial charge on any atom is -0.358 e. The first-order valence-corrected chi connectivity index (χ1v) is 8.86. The number of aromatic nitrogens is 3. The molecule has 134 valence electrons. The Labute approximate surface area is 151 Å². The van der Waals surface area contributed by atoms with E-state index in [4.69, 9.17) is 0 Å². The van der Waals surface area contributed by atoms with Crippen molar-refractivity contribution in [1.29, 1.82) is 0 Å².